The molecule has 2 amide bonds. The van der Waals surface area contributed by atoms with Crippen LogP contribution in [0.3, 0.4) is 0 Å². The maximum Gasteiger partial charge on any atom is 0.251 e. The van der Waals surface area contributed by atoms with Crippen molar-refractivity contribution in [1.82, 2.24) is 5.32 Å². The van der Waals surface area contributed by atoms with Gasteiger partial charge in [0.05, 0.1) is 12.2 Å². The molecule has 0 unspecified atom stereocenters. The van der Waals surface area contributed by atoms with Crippen molar-refractivity contribution in [1.29, 1.82) is 0 Å². The second-order valence-corrected chi connectivity index (χ2v) is 5.90. The summed E-state index contributed by atoms with van der Waals surface area (Å²) in [6, 6.07) is 18.0. The molecule has 0 aliphatic carbocycles. The molecule has 7 heteroatoms. The summed E-state index contributed by atoms with van der Waals surface area (Å²) in [6.45, 7) is -0.461. The number of amides is 2. The van der Waals surface area contributed by atoms with Crippen LogP contribution in [0.1, 0.15) is 10.4 Å². The van der Waals surface area contributed by atoms with Crippen molar-refractivity contribution in [2.24, 2.45) is 0 Å². The molecule has 3 aromatic carbocycles. The zero-order chi connectivity index (χ0) is 20.1. The first kappa shape index (κ1) is 19.2. The number of carbonyl (C=O) groups is 2. The molecule has 0 aromatic heterocycles. The number of carbonyl (C=O) groups excluding carboxylic acids is 2. The minimum atomic E-state index is -1.68. The Morgan fingerprint density at radius 3 is 2.07 bits per heavy atom. The van der Waals surface area contributed by atoms with Crippen LogP contribution in [0, 0.1) is 17.5 Å². The maximum atomic E-state index is 13.5. The van der Waals surface area contributed by atoms with Crippen LogP contribution in [-0.4, -0.2) is 18.4 Å². The fourth-order valence-electron chi connectivity index (χ4n) is 2.52. The standard InChI is InChI=1S/C21H15F3N2O2/c22-16-10-11-17(20(24)19(16)23)26-18(27)12-25-21(28)15-8-6-14(7-9-15)13-4-2-1-3-5-13/h1-11H,12H2,(H,25,28)(H,26,27). The Balaban J connectivity index is 1.58. The molecule has 3 aromatic rings. The van der Waals surface area contributed by atoms with Gasteiger partial charge in [-0.1, -0.05) is 42.5 Å². The van der Waals surface area contributed by atoms with Gasteiger partial charge in [0.15, 0.2) is 17.5 Å². The molecule has 0 heterocycles. The minimum Gasteiger partial charge on any atom is -0.343 e. The molecule has 0 bridgehead atoms. The van der Waals surface area contributed by atoms with E-state index in [0.717, 1.165) is 17.2 Å². The smallest absolute Gasteiger partial charge is 0.251 e. The summed E-state index contributed by atoms with van der Waals surface area (Å²) in [5, 5.41) is 4.46. The largest absolute Gasteiger partial charge is 0.343 e. The van der Waals surface area contributed by atoms with Gasteiger partial charge in [0.25, 0.3) is 5.91 Å². The van der Waals surface area contributed by atoms with Gasteiger partial charge < -0.3 is 10.6 Å². The van der Waals surface area contributed by atoms with Crippen molar-refractivity contribution in [2.45, 2.75) is 0 Å². The van der Waals surface area contributed by atoms with Crippen molar-refractivity contribution in [3.05, 3.63) is 89.7 Å². The van der Waals surface area contributed by atoms with Gasteiger partial charge in [0.2, 0.25) is 5.91 Å². The lowest BCUT2D eigenvalue weighted by atomic mass is 10.0. The summed E-state index contributed by atoms with van der Waals surface area (Å²) in [5.41, 5.74) is 1.77. The number of halogens is 3. The third kappa shape index (κ3) is 4.37. The molecule has 0 aliphatic heterocycles. The quantitative estimate of drug-likeness (QED) is 0.650. The van der Waals surface area contributed by atoms with E-state index in [9.17, 15) is 22.8 Å². The molecule has 0 aliphatic rings. The molecular weight excluding hydrogens is 369 g/mol. The van der Waals surface area contributed by atoms with Gasteiger partial charge in [-0.15, -0.1) is 0 Å². The van der Waals surface area contributed by atoms with Crippen molar-refractivity contribution in [3.8, 4) is 11.1 Å². The molecule has 4 nitrogen and oxygen atoms in total. The second-order valence-electron chi connectivity index (χ2n) is 5.90. The van der Waals surface area contributed by atoms with Crippen LogP contribution < -0.4 is 10.6 Å². The van der Waals surface area contributed by atoms with E-state index in [1.165, 1.54) is 0 Å². The van der Waals surface area contributed by atoms with Crippen LogP contribution in [-0.2, 0) is 4.79 Å². The fourth-order valence-corrected chi connectivity index (χ4v) is 2.52. The third-order valence-corrected chi connectivity index (χ3v) is 3.97. The fraction of sp³-hybridized carbons (Fsp3) is 0.0476. The Kier molecular flexibility index (Phi) is 5.74. The van der Waals surface area contributed by atoms with Gasteiger partial charge in [-0.25, -0.2) is 13.2 Å². The highest BCUT2D eigenvalue weighted by molar-refractivity contribution is 5.99. The van der Waals surface area contributed by atoms with Crippen LogP contribution in [0.15, 0.2) is 66.7 Å². The Labute approximate surface area is 159 Å². The Bertz CT molecular complexity index is 1010. The monoisotopic (exact) mass is 384 g/mol. The Hall–Kier alpha value is -3.61. The molecule has 2 N–H and O–H groups in total. The van der Waals surface area contributed by atoms with Gasteiger partial charge in [-0.05, 0) is 35.4 Å². The average Bonchev–Trinajstić information content (AvgIpc) is 2.73. The molecule has 0 atom stereocenters. The first-order chi connectivity index (χ1) is 13.5. The molecule has 3 rings (SSSR count). The van der Waals surface area contributed by atoms with Gasteiger partial charge in [0.1, 0.15) is 0 Å². The summed E-state index contributed by atoms with van der Waals surface area (Å²) >= 11 is 0. The van der Waals surface area contributed by atoms with Crippen molar-refractivity contribution < 1.29 is 22.8 Å². The number of hydrogen-bond donors (Lipinski definition) is 2. The van der Waals surface area contributed by atoms with Gasteiger partial charge in [-0.3, -0.25) is 9.59 Å². The van der Waals surface area contributed by atoms with E-state index in [2.05, 4.69) is 10.6 Å². The molecule has 28 heavy (non-hydrogen) atoms. The van der Waals surface area contributed by atoms with Crippen LogP contribution in [0.25, 0.3) is 11.1 Å². The number of anilines is 1. The average molecular weight is 384 g/mol. The number of rotatable bonds is 5. The predicted octanol–water partition coefficient (Wildman–Crippen LogP) is 4.14. The molecule has 0 saturated heterocycles. The van der Waals surface area contributed by atoms with E-state index in [-0.39, 0.29) is 0 Å². The molecule has 0 saturated carbocycles. The Morgan fingerprint density at radius 1 is 0.750 bits per heavy atom. The molecule has 0 fully saturated rings. The zero-order valence-corrected chi connectivity index (χ0v) is 14.5. The summed E-state index contributed by atoms with van der Waals surface area (Å²) in [6.07, 6.45) is 0. The maximum absolute atomic E-state index is 13.5. The zero-order valence-electron chi connectivity index (χ0n) is 14.5. The van der Waals surface area contributed by atoms with E-state index in [1.807, 2.05) is 30.3 Å². The summed E-state index contributed by atoms with van der Waals surface area (Å²) in [4.78, 5) is 24.0. The summed E-state index contributed by atoms with van der Waals surface area (Å²) in [7, 11) is 0. The molecule has 0 radical (unpaired) electrons. The lowest BCUT2D eigenvalue weighted by Crippen LogP contribution is -2.33. The van der Waals surface area contributed by atoms with Crippen molar-refractivity contribution >= 4 is 17.5 Å². The molecule has 142 valence electrons. The van der Waals surface area contributed by atoms with Crippen LogP contribution >= 0.6 is 0 Å². The van der Waals surface area contributed by atoms with Crippen molar-refractivity contribution in [2.75, 3.05) is 11.9 Å². The third-order valence-electron chi connectivity index (χ3n) is 3.97. The lowest BCUT2D eigenvalue weighted by Gasteiger charge is -2.09. The molecular formula is C21H15F3N2O2. The van der Waals surface area contributed by atoms with Crippen LogP contribution in [0.2, 0.25) is 0 Å². The van der Waals surface area contributed by atoms with Crippen LogP contribution in [0.5, 0.6) is 0 Å². The van der Waals surface area contributed by atoms with E-state index < -0.39 is 41.5 Å². The van der Waals surface area contributed by atoms with Crippen molar-refractivity contribution in [3.63, 3.8) is 0 Å². The topological polar surface area (TPSA) is 58.2 Å². The Morgan fingerprint density at radius 2 is 1.39 bits per heavy atom. The first-order valence-corrected chi connectivity index (χ1v) is 8.33. The summed E-state index contributed by atoms with van der Waals surface area (Å²) < 4.78 is 39.6. The van der Waals surface area contributed by atoms with E-state index in [4.69, 9.17) is 0 Å². The number of nitrogens with one attached hydrogen (secondary N) is 2. The van der Waals surface area contributed by atoms with Crippen LogP contribution in [0.4, 0.5) is 18.9 Å². The summed E-state index contributed by atoms with van der Waals surface area (Å²) in [5.74, 6) is -5.82. The van der Waals surface area contributed by atoms with E-state index in [0.29, 0.717) is 11.6 Å². The SMILES string of the molecule is O=C(CNC(=O)c1ccc(-c2ccccc2)cc1)Nc1ccc(F)c(F)c1F. The predicted molar refractivity (Wildman–Crippen MR) is 99.2 cm³/mol. The van der Waals surface area contributed by atoms with Gasteiger partial charge in [0, 0.05) is 5.56 Å². The highest BCUT2D eigenvalue weighted by atomic mass is 19.2. The first-order valence-electron chi connectivity index (χ1n) is 8.33. The molecule has 0 spiro atoms. The van der Waals surface area contributed by atoms with Gasteiger partial charge >= 0.3 is 0 Å². The normalized spacial score (nSPS) is 10.4. The minimum absolute atomic E-state index is 0.339. The second kappa shape index (κ2) is 8.39. The highest BCUT2D eigenvalue weighted by Gasteiger charge is 2.15. The van der Waals surface area contributed by atoms with E-state index >= 15 is 0 Å². The highest BCUT2D eigenvalue weighted by Crippen LogP contribution is 2.20. The lowest BCUT2D eigenvalue weighted by molar-refractivity contribution is -0.115. The van der Waals surface area contributed by atoms with Gasteiger partial charge in [-0.2, -0.15) is 0 Å². The number of hydrogen-bond acceptors (Lipinski definition) is 2. The number of benzene rings is 3. The van der Waals surface area contributed by atoms with E-state index in [1.54, 1.807) is 24.3 Å².